The number of rotatable bonds is 7. The van der Waals surface area contributed by atoms with E-state index in [-0.39, 0.29) is 34.6 Å². The second kappa shape index (κ2) is 8.90. The molecule has 2 aromatic carbocycles. The van der Waals surface area contributed by atoms with Gasteiger partial charge in [0.05, 0.1) is 24.8 Å². The summed E-state index contributed by atoms with van der Waals surface area (Å²) in [6.45, 7) is 0.252. The fraction of sp³-hybridized carbons (Fsp3) is 0.0952. The van der Waals surface area contributed by atoms with Gasteiger partial charge < -0.3 is 14.5 Å². The van der Waals surface area contributed by atoms with Gasteiger partial charge in [0.1, 0.15) is 16.5 Å². The predicted octanol–water partition coefficient (Wildman–Crippen LogP) is 4.41. The number of hydrogen-bond acceptors (Lipinski definition) is 8. The Morgan fingerprint density at radius 3 is 2.69 bits per heavy atom. The summed E-state index contributed by atoms with van der Waals surface area (Å²) in [6, 6.07) is 14.3. The number of furan rings is 1. The summed E-state index contributed by atoms with van der Waals surface area (Å²) in [5, 5.41) is 18.5. The van der Waals surface area contributed by atoms with Crippen molar-refractivity contribution in [1.82, 2.24) is 14.8 Å². The molecule has 2 aromatic heterocycles. The van der Waals surface area contributed by atoms with Gasteiger partial charge in [0.25, 0.3) is 11.6 Å². The number of aromatic nitrogens is 3. The summed E-state index contributed by atoms with van der Waals surface area (Å²) in [4.78, 5) is 28.2. The van der Waals surface area contributed by atoms with E-state index in [1.165, 1.54) is 18.4 Å². The Labute approximate surface area is 186 Å². The molecule has 0 aliphatic rings. The SMILES string of the molecule is COc1ccc(-c2nc(NCc3ccco3)n(C(=O)c3ccc(Cl)c([N+](=O)[O-])c3)n2)cc1. The van der Waals surface area contributed by atoms with Crippen molar-refractivity contribution in [3.8, 4) is 17.1 Å². The van der Waals surface area contributed by atoms with Gasteiger partial charge in [-0.05, 0) is 48.5 Å². The topological polar surface area (TPSA) is 125 Å². The molecule has 0 saturated heterocycles. The Hall–Kier alpha value is -4.18. The van der Waals surface area contributed by atoms with Crippen LogP contribution in [0.2, 0.25) is 5.02 Å². The number of anilines is 1. The molecule has 32 heavy (non-hydrogen) atoms. The molecule has 0 radical (unpaired) electrons. The highest BCUT2D eigenvalue weighted by molar-refractivity contribution is 6.32. The summed E-state index contributed by atoms with van der Waals surface area (Å²) in [5.74, 6) is 1.11. The molecule has 11 heteroatoms. The van der Waals surface area contributed by atoms with Gasteiger partial charge in [0.2, 0.25) is 5.95 Å². The lowest BCUT2D eigenvalue weighted by Crippen LogP contribution is -2.17. The Bertz CT molecular complexity index is 1270. The van der Waals surface area contributed by atoms with E-state index in [0.717, 1.165) is 10.7 Å². The number of nitro groups is 1. The zero-order valence-electron chi connectivity index (χ0n) is 16.7. The fourth-order valence-electron chi connectivity index (χ4n) is 2.92. The van der Waals surface area contributed by atoms with Crippen LogP contribution in [-0.4, -0.2) is 32.7 Å². The molecule has 10 nitrogen and oxygen atoms in total. The predicted molar refractivity (Wildman–Crippen MR) is 116 cm³/mol. The quantitative estimate of drug-likeness (QED) is 0.322. The Balaban J connectivity index is 1.72. The summed E-state index contributed by atoms with van der Waals surface area (Å²) >= 11 is 5.87. The molecular formula is C21H16ClN5O5. The number of hydrogen-bond donors (Lipinski definition) is 1. The van der Waals surface area contributed by atoms with E-state index in [2.05, 4.69) is 15.4 Å². The smallest absolute Gasteiger partial charge is 0.288 e. The highest BCUT2D eigenvalue weighted by Crippen LogP contribution is 2.27. The minimum Gasteiger partial charge on any atom is -0.497 e. The number of nitro benzene ring substituents is 1. The van der Waals surface area contributed by atoms with Crippen LogP contribution in [0.1, 0.15) is 16.1 Å². The number of carbonyl (C=O) groups excluding carboxylic acids is 1. The highest BCUT2D eigenvalue weighted by Gasteiger charge is 2.22. The van der Waals surface area contributed by atoms with E-state index in [9.17, 15) is 14.9 Å². The minimum atomic E-state index is -0.653. The van der Waals surface area contributed by atoms with E-state index in [1.54, 1.807) is 43.5 Å². The van der Waals surface area contributed by atoms with Gasteiger partial charge in [-0.3, -0.25) is 14.9 Å². The monoisotopic (exact) mass is 453 g/mol. The number of ether oxygens (including phenoxy) is 1. The van der Waals surface area contributed by atoms with Crippen molar-refractivity contribution in [3.63, 3.8) is 0 Å². The summed E-state index contributed by atoms with van der Waals surface area (Å²) in [7, 11) is 1.56. The van der Waals surface area contributed by atoms with Crippen molar-refractivity contribution in [2.45, 2.75) is 6.54 Å². The van der Waals surface area contributed by atoms with E-state index in [0.29, 0.717) is 17.1 Å². The number of halogens is 1. The molecule has 0 atom stereocenters. The maximum absolute atomic E-state index is 13.2. The second-order valence-corrected chi connectivity index (χ2v) is 6.97. The van der Waals surface area contributed by atoms with E-state index in [4.69, 9.17) is 20.8 Å². The maximum Gasteiger partial charge on any atom is 0.288 e. The van der Waals surface area contributed by atoms with Crippen molar-refractivity contribution < 1.29 is 18.9 Å². The molecule has 0 amide bonds. The van der Waals surface area contributed by atoms with Gasteiger partial charge in [-0.15, -0.1) is 5.10 Å². The lowest BCUT2D eigenvalue weighted by molar-refractivity contribution is -0.384. The number of nitrogens with zero attached hydrogens (tertiary/aromatic N) is 4. The fourth-order valence-corrected chi connectivity index (χ4v) is 3.10. The van der Waals surface area contributed by atoms with E-state index < -0.39 is 10.8 Å². The minimum absolute atomic E-state index is 0.0355. The molecule has 2 heterocycles. The van der Waals surface area contributed by atoms with Crippen LogP contribution >= 0.6 is 11.6 Å². The first-order valence-corrected chi connectivity index (χ1v) is 9.70. The van der Waals surface area contributed by atoms with Gasteiger partial charge in [0.15, 0.2) is 5.82 Å². The first-order valence-electron chi connectivity index (χ1n) is 9.32. The maximum atomic E-state index is 13.2. The van der Waals surface area contributed by atoms with Crippen LogP contribution in [0.4, 0.5) is 11.6 Å². The van der Waals surface area contributed by atoms with Gasteiger partial charge in [-0.25, -0.2) is 0 Å². The average Bonchev–Trinajstić information content (AvgIpc) is 3.47. The second-order valence-electron chi connectivity index (χ2n) is 6.56. The van der Waals surface area contributed by atoms with Gasteiger partial charge in [-0.2, -0.15) is 9.67 Å². The largest absolute Gasteiger partial charge is 0.497 e. The van der Waals surface area contributed by atoms with Crippen molar-refractivity contribution >= 4 is 29.1 Å². The molecule has 0 fully saturated rings. The number of benzene rings is 2. The molecule has 0 bridgehead atoms. The average molecular weight is 454 g/mol. The number of carbonyl (C=O) groups is 1. The first kappa shape index (κ1) is 21.1. The molecule has 1 N–H and O–H groups in total. The van der Waals surface area contributed by atoms with Crippen LogP contribution < -0.4 is 10.1 Å². The van der Waals surface area contributed by atoms with Crippen LogP contribution in [0.3, 0.4) is 0 Å². The van der Waals surface area contributed by atoms with E-state index >= 15 is 0 Å². The summed E-state index contributed by atoms with van der Waals surface area (Å²) in [6.07, 6.45) is 1.53. The molecule has 0 unspecified atom stereocenters. The van der Waals surface area contributed by atoms with Crippen molar-refractivity contribution in [2.24, 2.45) is 0 Å². The Morgan fingerprint density at radius 1 is 1.25 bits per heavy atom. The molecule has 0 spiro atoms. The van der Waals surface area contributed by atoms with Crippen LogP contribution in [0.25, 0.3) is 11.4 Å². The summed E-state index contributed by atoms with van der Waals surface area (Å²) in [5.41, 5.74) is 0.312. The Kier molecular flexibility index (Phi) is 5.86. The third kappa shape index (κ3) is 4.30. The Morgan fingerprint density at radius 2 is 2.03 bits per heavy atom. The van der Waals surface area contributed by atoms with Gasteiger partial charge >= 0.3 is 0 Å². The zero-order valence-corrected chi connectivity index (χ0v) is 17.4. The van der Waals surface area contributed by atoms with Gasteiger partial charge in [0, 0.05) is 17.2 Å². The molecule has 0 aliphatic heterocycles. The highest BCUT2D eigenvalue weighted by atomic mass is 35.5. The van der Waals surface area contributed by atoms with Crippen LogP contribution in [0, 0.1) is 10.1 Å². The first-order chi connectivity index (χ1) is 15.5. The molecule has 0 saturated carbocycles. The molecule has 4 aromatic rings. The van der Waals surface area contributed by atoms with Crippen molar-refractivity contribution in [3.05, 3.63) is 87.3 Å². The standard InChI is InChI=1S/C21H16ClN5O5/c1-31-15-7-4-13(5-8-15)19-24-21(23-12-16-3-2-10-32-16)26(25-19)20(28)14-6-9-17(22)18(11-14)27(29)30/h2-11H,12H2,1H3,(H,23,24,25). The lowest BCUT2D eigenvalue weighted by atomic mass is 10.2. The van der Waals surface area contributed by atoms with Crippen LogP contribution in [0.15, 0.2) is 65.3 Å². The van der Waals surface area contributed by atoms with Crippen LogP contribution in [-0.2, 0) is 6.54 Å². The third-order valence-corrected chi connectivity index (χ3v) is 4.86. The normalized spacial score (nSPS) is 10.7. The van der Waals surface area contributed by atoms with Crippen LogP contribution in [0.5, 0.6) is 5.75 Å². The lowest BCUT2D eigenvalue weighted by Gasteiger charge is -2.06. The molecule has 162 valence electrons. The third-order valence-electron chi connectivity index (χ3n) is 4.54. The van der Waals surface area contributed by atoms with Crippen molar-refractivity contribution in [2.75, 3.05) is 12.4 Å². The molecule has 4 rings (SSSR count). The zero-order chi connectivity index (χ0) is 22.7. The van der Waals surface area contributed by atoms with Gasteiger partial charge in [-0.1, -0.05) is 11.6 Å². The molecular weight excluding hydrogens is 438 g/mol. The summed E-state index contributed by atoms with van der Waals surface area (Å²) < 4.78 is 11.5. The molecule has 0 aliphatic carbocycles. The van der Waals surface area contributed by atoms with Crippen molar-refractivity contribution in [1.29, 1.82) is 0 Å². The van der Waals surface area contributed by atoms with E-state index in [1.807, 2.05) is 0 Å². The number of methoxy groups -OCH3 is 1. The number of nitrogens with one attached hydrogen (secondary N) is 1.